The molecular weight excluding hydrogens is 266 g/mol. The first kappa shape index (κ1) is 15.2. The van der Waals surface area contributed by atoms with Gasteiger partial charge in [0.15, 0.2) is 0 Å². The Morgan fingerprint density at radius 3 is 2.19 bits per heavy atom. The number of carbonyl (C=O) groups is 2. The molecule has 5 nitrogen and oxygen atoms in total. The number of guanidine groups is 1. The first-order valence-electron chi connectivity index (χ1n) is 7.39. The Morgan fingerprint density at radius 2 is 1.67 bits per heavy atom. The fourth-order valence-electron chi connectivity index (χ4n) is 2.48. The van der Waals surface area contributed by atoms with Crippen LogP contribution in [0.5, 0.6) is 0 Å². The number of aliphatic imine (C=N–C) groups is 1. The summed E-state index contributed by atoms with van der Waals surface area (Å²) in [6, 6.07) is 9.20. The minimum atomic E-state index is -0.967. The van der Waals surface area contributed by atoms with Gasteiger partial charge in [-0.25, -0.2) is 4.99 Å². The fourth-order valence-corrected chi connectivity index (χ4v) is 2.48. The van der Waals surface area contributed by atoms with Gasteiger partial charge in [0, 0.05) is 0 Å². The lowest BCUT2D eigenvalue weighted by Crippen LogP contribution is -2.62. The van der Waals surface area contributed by atoms with Gasteiger partial charge in [0.25, 0.3) is 0 Å². The van der Waals surface area contributed by atoms with E-state index in [0.717, 1.165) is 12.8 Å². The molecule has 0 bridgehead atoms. The molecule has 1 saturated heterocycles. The van der Waals surface area contributed by atoms with E-state index >= 15 is 0 Å². The Hall–Kier alpha value is -2.17. The molecule has 2 rings (SSSR count). The van der Waals surface area contributed by atoms with Crippen LogP contribution in [0.1, 0.15) is 39.5 Å². The molecule has 1 aromatic carbocycles. The molecule has 1 aliphatic heterocycles. The highest BCUT2D eigenvalue weighted by Crippen LogP contribution is 2.31. The molecule has 1 fully saturated rings. The van der Waals surface area contributed by atoms with E-state index in [2.05, 4.69) is 15.6 Å². The van der Waals surface area contributed by atoms with Crippen LogP contribution in [0.2, 0.25) is 0 Å². The molecule has 1 aromatic rings. The molecule has 1 heterocycles. The summed E-state index contributed by atoms with van der Waals surface area (Å²) < 4.78 is 0. The van der Waals surface area contributed by atoms with Crippen molar-refractivity contribution >= 4 is 23.5 Å². The molecule has 0 aliphatic carbocycles. The highest BCUT2D eigenvalue weighted by atomic mass is 16.2. The van der Waals surface area contributed by atoms with Crippen molar-refractivity contribution in [2.75, 3.05) is 0 Å². The zero-order valence-electron chi connectivity index (χ0n) is 12.5. The molecular formula is C16H21N3O2. The van der Waals surface area contributed by atoms with E-state index in [1.165, 1.54) is 0 Å². The summed E-state index contributed by atoms with van der Waals surface area (Å²) in [5, 5.41) is 5.45. The van der Waals surface area contributed by atoms with Crippen molar-refractivity contribution in [3.05, 3.63) is 30.3 Å². The molecule has 0 radical (unpaired) electrons. The summed E-state index contributed by atoms with van der Waals surface area (Å²) in [5.41, 5.74) is -0.281. The molecule has 2 N–H and O–H groups in total. The van der Waals surface area contributed by atoms with E-state index in [-0.39, 0.29) is 17.8 Å². The minimum Gasteiger partial charge on any atom is -0.295 e. The zero-order chi connectivity index (χ0) is 15.3. The summed E-state index contributed by atoms with van der Waals surface area (Å²) in [4.78, 5) is 29.1. The van der Waals surface area contributed by atoms with Gasteiger partial charge < -0.3 is 0 Å². The number of unbranched alkanes of at least 4 members (excludes halogenated alkanes) is 1. The van der Waals surface area contributed by atoms with Crippen molar-refractivity contribution in [2.24, 2.45) is 10.4 Å². The van der Waals surface area contributed by atoms with Crippen LogP contribution in [-0.2, 0) is 9.59 Å². The van der Waals surface area contributed by atoms with Crippen molar-refractivity contribution in [1.82, 2.24) is 10.6 Å². The highest BCUT2D eigenvalue weighted by molar-refractivity contribution is 6.20. The number of rotatable bonds is 5. The van der Waals surface area contributed by atoms with Crippen LogP contribution in [0.15, 0.2) is 35.3 Å². The predicted molar refractivity (Wildman–Crippen MR) is 82.1 cm³/mol. The summed E-state index contributed by atoms with van der Waals surface area (Å²) in [6.07, 6.45) is 2.85. The van der Waals surface area contributed by atoms with Crippen molar-refractivity contribution in [1.29, 1.82) is 0 Å². The molecule has 5 heteroatoms. The van der Waals surface area contributed by atoms with Crippen molar-refractivity contribution in [3.8, 4) is 0 Å². The predicted octanol–water partition coefficient (Wildman–Crippen LogP) is 2.51. The summed E-state index contributed by atoms with van der Waals surface area (Å²) in [7, 11) is 0. The maximum Gasteiger partial charge on any atom is 0.242 e. The number of amides is 2. The molecule has 1 aliphatic rings. The molecule has 0 aromatic heterocycles. The van der Waals surface area contributed by atoms with Crippen molar-refractivity contribution in [3.63, 3.8) is 0 Å². The molecule has 0 saturated carbocycles. The van der Waals surface area contributed by atoms with Crippen LogP contribution in [-0.4, -0.2) is 17.8 Å². The molecule has 2 amide bonds. The molecule has 0 spiro atoms. The number of nitrogens with one attached hydrogen (secondary N) is 2. The van der Waals surface area contributed by atoms with Crippen molar-refractivity contribution in [2.45, 2.75) is 39.5 Å². The normalized spacial score (nSPS) is 21.7. The fraction of sp³-hybridized carbons (Fsp3) is 0.438. The van der Waals surface area contributed by atoms with Gasteiger partial charge in [0.1, 0.15) is 5.41 Å². The van der Waals surface area contributed by atoms with Gasteiger partial charge in [-0.3, -0.25) is 20.2 Å². The van der Waals surface area contributed by atoms with Gasteiger partial charge >= 0.3 is 0 Å². The number of para-hydroxylation sites is 1. The number of nitrogens with zero attached hydrogens (tertiary/aromatic N) is 1. The third kappa shape index (κ3) is 3.12. The molecule has 0 atom stereocenters. The number of carbonyl (C=O) groups excluding carboxylic acids is 2. The van der Waals surface area contributed by atoms with Crippen LogP contribution in [0, 0.1) is 5.41 Å². The second kappa shape index (κ2) is 6.52. The van der Waals surface area contributed by atoms with Crippen LogP contribution in [0.25, 0.3) is 0 Å². The first-order chi connectivity index (χ1) is 10.1. The lowest BCUT2D eigenvalue weighted by molar-refractivity contribution is -0.144. The maximum absolute atomic E-state index is 12.4. The van der Waals surface area contributed by atoms with Gasteiger partial charge in [-0.1, -0.05) is 44.9 Å². The summed E-state index contributed by atoms with van der Waals surface area (Å²) in [5.74, 6) is -0.300. The Bertz CT molecular complexity index is 532. The second-order valence-corrected chi connectivity index (χ2v) is 5.24. The van der Waals surface area contributed by atoms with Gasteiger partial charge in [-0.15, -0.1) is 0 Å². The molecule has 112 valence electrons. The quantitative estimate of drug-likeness (QED) is 0.817. The number of hydrogen-bond acceptors (Lipinski definition) is 3. The van der Waals surface area contributed by atoms with Crippen molar-refractivity contribution < 1.29 is 9.59 Å². The van der Waals surface area contributed by atoms with Crippen LogP contribution in [0.3, 0.4) is 0 Å². The topological polar surface area (TPSA) is 70.6 Å². The summed E-state index contributed by atoms with van der Waals surface area (Å²) >= 11 is 0. The van der Waals surface area contributed by atoms with E-state index in [0.29, 0.717) is 18.5 Å². The highest BCUT2D eigenvalue weighted by Gasteiger charge is 2.47. The van der Waals surface area contributed by atoms with Gasteiger partial charge in [0.05, 0.1) is 5.69 Å². The van der Waals surface area contributed by atoms with E-state index < -0.39 is 5.41 Å². The number of benzene rings is 1. The van der Waals surface area contributed by atoms with Gasteiger partial charge in [-0.2, -0.15) is 0 Å². The van der Waals surface area contributed by atoms with Gasteiger partial charge in [-0.05, 0) is 25.0 Å². The molecule has 21 heavy (non-hydrogen) atoms. The molecule has 0 unspecified atom stereocenters. The standard InChI is InChI=1S/C16H21N3O2/c1-3-5-11-16(4-2)13(20)18-15(19-14(16)21)17-12-9-7-6-8-10-12/h6-10H,3-5,11H2,1-2H3,(H2,17,18,19,20,21). The average Bonchev–Trinajstić information content (AvgIpc) is 2.48. The summed E-state index contributed by atoms with van der Waals surface area (Å²) in [6.45, 7) is 3.92. The van der Waals surface area contributed by atoms with Crippen LogP contribution >= 0.6 is 0 Å². The lowest BCUT2D eigenvalue weighted by atomic mass is 9.77. The largest absolute Gasteiger partial charge is 0.295 e. The van der Waals surface area contributed by atoms with E-state index in [1.54, 1.807) is 0 Å². The average molecular weight is 287 g/mol. The van der Waals surface area contributed by atoms with E-state index in [4.69, 9.17) is 0 Å². The maximum atomic E-state index is 12.4. The van der Waals surface area contributed by atoms with Gasteiger partial charge in [0.2, 0.25) is 17.8 Å². The first-order valence-corrected chi connectivity index (χ1v) is 7.39. The third-order valence-electron chi connectivity index (χ3n) is 3.89. The third-order valence-corrected chi connectivity index (χ3v) is 3.89. The zero-order valence-corrected chi connectivity index (χ0v) is 12.5. The van der Waals surface area contributed by atoms with Crippen LogP contribution < -0.4 is 10.6 Å². The monoisotopic (exact) mass is 287 g/mol. The lowest BCUT2D eigenvalue weighted by Gasteiger charge is -2.34. The Kier molecular flexibility index (Phi) is 4.73. The Balaban J connectivity index is 2.20. The Morgan fingerprint density at radius 1 is 1.05 bits per heavy atom. The SMILES string of the molecule is CCCCC1(CC)C(=O)NC(=Nc2ccccc2)NC1=O. The van der Waals surface area contributed by atoms with E-state index in [9.17, 15) is 9.59 Å². The minimum absolute atomic E-state index is 0.205. The second-order valence-electron chi connectivity index (χ2n) is 5.24. The van der Waals surface area contributed by atoms with Crippen LogP contribution in [0.4, 0.5) is 5.69 Å². The Labute approximate surface area is 124 Å². The smallest absolute Gasteiger partial charge is 0.242 e. The number of hydrogen-bond donors (Lipinski definition) is 2. The van der Waals surface area contributed by atoms with E-state index in [1.807, 2.05) is 44.2 Å².